The Morgan fingerprint density at radius 3 is 2.67 bits per heavy atom. The summed E-state index contributed by atoms with van der Waals surface area (Å²) in [4.78, 5) is 2.73. The van der Waals surface area contributed by atoms with Gasteiger partial charge in [-0.2, -0.15) is 0 Å². The van der Waals surface area contributed by atoms with Gasteiger partial charge in [0, 0.05) is 18.6 Å². The molecule has 2 aliphatic heterocycles. The third-order valence-corrected chi connectivity index (χ3v) is 5.31. The van der Waals surface area contributed by atoms with Gasteiger partial charge >= 0.3 is 0 Å². The number of benzene rings is 2. The molecule has 0 radical (unpaired) electrons. The maximum atomic E-state index is 2.73. The first-order valence-corrected chi connectivity index (χ1v) is 8.27. The largest absolute Gasteiger partial charge is 0.293 e. The number of fused-ring (bicyclic) bond motifs is 3. The zero-order valence-electron chi connectivity index (χ0n) is 12.8. The first kappa shape index (κ1) is 13.1. The normalized spacial score (nSPS) is 25.2. The van der Waals surface area contributed by atoms with Gasteiger partial charge < -0.3 is 0 Å². The van der Waals surface area contributed by atoms with E-state index in [1.54, 1.807) is 11.1 Å². The summed E-state index contributed by atoms with van der Waals surface area (Å²) in [6.45, 7) is 3.63. The van der Waals surface area contributed by atoms with Gasteiger partial charge in [0.2, 0.25) is 0 Å². The van der Waals surface area contributed by atoms with Crippen molar-refractivity contribution in [1.82, 2.24) is 4.90 Å². The van der Waals surface area contributed by atoms with Crippen LogP contribution in [-0.2, 0) is 6.42 Å². The van der Waals surface area contributed by atoms with Crippen LogP contribution in [0.5, 0.6) is 0 Å². The van der Waals surface area contributed by atoms with Crippen LogP contribution in [0.15, 0.2) is 48.5 Å². The Morgan fingerprint density at radius 2 is 1.81 bits per heavy atom. The molecule has 4 rings (SSSR count). The molecular formula is C20H23N. The van der Waals surface area contributed by atoms with Crippen molar-refractivity contribution in [2.75, 3.05) is 6.54 Å². The van der Waals surface area contributed by atoms with Crippen LogP contribution in [0.3, 0.4) is 0 Å². The van der Waals surface area contributed by atoms with Crippen molar-refractivity contribution >= 4 is 0 Å². The summed E-state index contributed by atoms with van der Waals surface area (Å²) in [5, 5.41) is 0. The minimum atomic E-state index is 0.669. The molecule has 108 valence electrons. The Balaban J connectivity index is 1.71. The molecule has 0 bridgehead atoms. The van der Waals surface area contributed by atoms with E-state index in [0.29, 0.717) is 6.04 Å². The predicted molar refractivity (Wildman–Crippen MR) is 88.3 cm³/mol. The molecule has 0 aromatic heterocycles. The Labute approximate surface area is 127 Å². The van der Waals surface area contributed by atoms with Crippen LogP contribution in [0.25, 0.3) is 11.1 Å². The fourth-order valence-corrected chi connectivity index (χ4v) is 4.16. The lowest BCUT2D eigenvalue weighted by molar-refractivity contribution is 0.0843. The lowest BCUT2D eigenvalue weighted by Gasteiger charge is -2.44. The average molecular weight is 277 g/mol. The molecule has 1 fully saturated rings. The van der Waals surface area contributed by atoms with Crippen LogP contribution in [0.1, 0.15) is 43.4 Å². The molecule has 2 aromatic carbocycles. The molecule has 0 amide bonds. The predicted octanol–water partition coefficient (Wildman–Crippen LogP) is 4.83. The van der Waals surface area contributed by atoms with Crippen molar-refractivity contribution in [3.63, 3.8) is 0 Å². The SMILES string of the molecule is CC1CCCC2c3ccc(-c4ccccc4)cc3CCN12. The first-order chi connectivity index (χ1) is 10.3. The van der Waals surface area contributed by atoms with E-state index in [9.17, 15) is 0 Å². The van der Waals surface area contributed by atoms with Crippen molar-refractivity contribution in [2.24, 2.45) is 0 Å². The molecule has 0 saturated carbocycles. The summed E-state index contributed by atoms with van der Waals surface area (Å²) in [6, 6.07) is 19.3. The molecule has 0 N–H and O–H groups in total. The summed E-state index contributed by atoms with van der Waals surface area (Å²) in [5.41, 5.74) is 5.87. The van der Waals surface area contributed by atoms with Crippen LogP contribution < -0.4 is 0 Å². The highest BCUT2D eigenvalue weighted by molar-refractivity contribution is 5.65. The van der Waals surface area contributed by atoms with Gasteiger partial charge in [0.05, 0.1) is 0 Å². The van der Waals surface area contributed by atoms with E-state index >= 15 is 0 Å². The summed E-state index contributed by atoms with van der Waals surface area (Å²) in [7, 11) is 0. The molecule has 2 unspecified atom stereocenters. The molecule has 1 saturated heterocycles. The van der Waals surface area contributed by atoms with E-state index in [4.69, 9.17) is 0 Å². The summed E-state index contributed by atoms with van der Waals surface area (Å²) in [5.74, 6) is 0. The minimum Gasteiger partial charge on any atom is -0.293 e. The monoisotopic (exact) mass is 277 g/mol. The van der Waals surface area contributed by atoms with Gasteiger partial charge in [0.1, 0.15) is 0 Å². The standard InChI is InChI=1S/C20H23N/c1-15-6-5-9-20-19-11-10-17(16-7-3-2-4-8-16)14-18(19)12-13-21(15)20/h2-4,7-8,10-11,14-15,20H,5-6,9,12-13H2,1H3. The highest BCUT2D eigenvalue weighted by Crippen LogP contribution is 2.40. The number of rotatable bonds is 1. The van der Waals surface area contributed by atoms with Gasteiger partial charge in [0.25, 0.3) is 0 Å². The summed E-state index contributed by atoms with van der Waals surface area (Å²) in [6.07, 6.45) is 5.29. The lowest BCUT2D eigenvalue weighted by Crippen LogP contribution is -2.44. The van der Waals surface area contributed by atoms with Crippen molar-refractivity contribution in [3.05, 3.63) is 59.7 Å². The maximum Gasteiger partial charge on any atom is 0.0353 e. The highest BCUT2D eigenvalue weighted by atomic mass is 15.2. The molecular weight excluding hydrogens is 254 g/mol. The zero-order valence-corrected chi connectivity index (χ0v) is 12.8. The zero-order chi connectivity index (χ0) is 14.2. The van der Waals surface area contributed by atoms with Crippen LogP contribution in [0.4, 0.5) is 0 Å². The second-order valence-electron chi connectivity index (χ2n) is 6.56. The smallest absolute Gasteiger partial charge is 0.0353 e. The molecule has 2 aliphatic rings. The molecule has 2 aromatic rings. The van der Waals surface area contributed by atoms with E-state index in [0.717, 1.165) is 6.04 Å². The van der Waals surface area contributed by atoms with Crippen molar-refractivity contribution in [1.29, 1.82) is 0 Å². The second-order valence-corrected chi connectivity index (χ2v) is 6.56. The van der Waals surface area contributed by atoms with E-state index in [1.165, 1.54) is 43.4 Å². The third kappa shape index (κ3) is 2.30. The fraction of sp³-hybridized carbons (Fsp3) is 0.400. The van der Waals surface area contributed by atoms with Crippen LogP contribution in [0.2, 0.25) is 0 Å². The molecule has 2 atom stereocenters. The van der Waals surface area contributed by atoms with Gasteiger partial charge in [-0.05, 0) is 48.4 Å². The maximum absolute atomic E-state index is 2.73. The van der Waals surface area contributed by atoms with Gasteiger partial charge in [-0.15, -0.1) is 0 Å². The van der Waals surface area contributed by atoms with Crippen molar-refractivity contribution < 1.29 is 0 Å². The van der Waals surface area contributed by atoms with Crippen molar-refractivity contribution in [3.8, 4) is 11.1 Å². The number of piperidine rings is 1. The summed E-state index contributed by atoms with van der Waals surface area (Å²) < 4.78 is 0. The fourth-order valence-electron chi connectivity index (χ4n) is 4.16. The molecule has 1 heteroatoms. The van der Waals surface area contributed by atoms with Crippen LogP contribution in [-0.4, -0.2) is 17.5 Å². The molecule has 1 nitrogen and oxygen atoms in total. The average Bonchev–Trinajstić information content (AvgIpc) is 2.55. The van der Waals surface area contributed by atoms with Crippen LogP contribution in [0, 0.1) is 0 Å². The van der Waals surface area contributed by atoms with Gasteiger partial charge in [0.15, 0.2) is 0 Å². The molecule has 0 spiro atoms. The number of nitrogens with zero attached hydrogens (tertiary/aromatic N) is 1. The first-order valence-electron chi connectivity index (χ1n) is 8.27. The van der Waals surface area contributed by atoms with Crippen LogP contribution >= 0.6 is 0 Å². The van der Waals surface area contributed by atoms with E-state index in [-0.39, 0.29) is 0 Å². The number of hydrogen-bond acceptors (Lipinski definition) is 1. The van der Waals surface area contributed by atoms with Gasteiger partial charge in [-0.1, -0.05) is 55.0 Å². The summed E-state index contributed by atoms with van der Waals surface area (Å²) >= 11 is 0. The minimum absolute atomic E-state index is 0.669. The Bertz CT molecular complexity index is 632. The van der Waals surface area contributed by atoms with Gasteiger partial charge in [-0.25, -0.2) is 0 Å². The van der Waals surface area contributed by atoms with Gasteiger partial charge in [-0.3, -0.25) is 4.90 Å². The van der Waals surface area contributed by atoms with E-state index in [2.05, 4.69) is 60.4 Å². The molecule has 0 aliphatic carbocycles. The molecule has 21 heavy (non-hydrogen) atoms. The lowest BCUT2D eigenvalue weighted by atomic mass is 9.83. The highest BCUT2D eigenvalue weighted by Gasteiger charge is 2.33. The quantitative estimate of drug-likeness (QED) is 0.722. The Hall–Kier alpha value is -1.60. The second kappa shape index (κ2) is 5.31. The number of hydrogen-bond donors (Lipinski definition) is 0. The van der Waals surface area contributed by atoms with Crippen molar-refractivity contribution in [2.45, 2.75) is 44.7 Å². The topological polar surface area (TPSA) is 3.24 Å². The Morgan fingerprint density at radius 1 is 0.952 bits per heavy atom. The van der Waals surface area contributed by atoms with E-state index in [1.807, 2.05) is 0 Å². The molecule has 2 heterocycles. The Kier molecular flexibility index (Phi) is 3.31. The van der Waals surface area contributed by atoms with E-state index < -0.39 is 0 Å². The third-order valence-electron chi connectivity index (χ3n) is 5.31.